The van der Waals surface area contributed by atoms with Crippen LogP contribution in [0.15, 0.2) is 29.8 Å². The number of rotatable bonds is 9. The van der Waals surface area contributed by atoms with E-state index in [4.69, 9.17) is 14.2 Å². The Balaban J connectivity index is 0.00000512. The van der Waals surface area contributed by atoms with Gasteiger partial charge >= 0.3 is 0 Å². The smallest absolute Gasteiger partial charge is 0.243 e. The van der Waals surface area contributed by atoms with Gasteiger partial charge in [-0.15, -0.1) is 30.6 Å². The third-order valence-electron chi connectivity index (χ3n) is 5.07. The topological polar surface area (TPSA) is 78.9 Å². The van der Waals surface area contributed by atoms with Gasteiger partial charge < -0.3 is 29.3 Å². The largest absolute Gasteiger partial charge is 0.493 e. The maximum absolute atomic E-state index is 11.9. The van der Waals surface area contributed by atoms with Crippen LogP contribution in [0.1, 0.15) is 5.56 Å². The van der Waals surface area contributed by atoms with Crippen LogP contribution in [0, 0.1) is 0 Å². The van der Waals surface area contributed by atoms with Crippen molar-refractivity contribution in [2.45, 2.75) is 6.54 Å². The third-order valence-corrected chi connectivity index (χ3v) is 5.07. The first-order chi connectivity index (χ1) is 14.9. The number of carbonyl (C=O) groups is 1. The number of methoxy groups -OCH3 is 3. The molecular weight excluding hydrogens is 525 g/mol. The molecule has 1 aromatic carbocycles. The van der Waals surface area contributed by atoms with E-state index in [-0.39, 0.29) is 36.4 Å². The number of amides is 1. The first-order valence-electron chi connectivity index (χ1n) is 10.3. The van der Waals surface area contributed by atoms with Gasteiger partial charge in [0.05, 0.1) is 21.3 Å². The molecule has 1 fully saturated rings. The Kier molecular flexibility index (Phi) is 12.2. The molecule has 10 heteroatoms. The maximum atomic E-state index is 11.9. The van der Waals surface area contributed by atoms with Crippen LogP contribution in [0.25, 0.3) is 0 Å². The number of piperazine rings is 1. The van der Waals surface area contributed by atoms with Crippen LogP contribution in [-0.2, 0) is 11.3 Å². The molecule has 9 nitrogen and oxygen atoms in total. The number of hydrogen-bond donors (Lipinski definition) is 1. The van der Waals surface area contributed by atoms with Crippen molar-refractivity contribution in [3.05, 3.63) is 30.4 Å². The Morgan fingerprint density at radius 2 is 1.72 bits per heavy atom. The molecule has 0 aliphatic carbocycles. The fraction of sp³-hybridized carbons (Fsp3) is 0.545. The summed E-state index contributed by atoms with van der Waals surface area (Å²) in [6.45, 7) is 8.60. The Bertz CT molecular complexity index is 755. The lowest BCUT2D eigenvalue weighted by atomic mass is 10.1. The normalized spacial score (nSPS) is 14.3. The average Bonchev–Trinajstić information content (AvgIpc) is 2.78. The second-order valence-electron chi connectivity index (χ2n) is 7.39. The Labute approximate surface area is 208 Å². The third kappa shape index (κ3) is 7.73. The SMILES string of the molecule is C=CCNC(=NCC(=O)N(C)C)N1CCN(Cc2cc(OC)c(OC)c(OC)c2)CC1.I. The van der Waals surface area contributed by atoms with Gasteiger partial charge in [-0.3, -0.25) is 9.69 Å². The molecule has 32 heavy (non-hydrogen) atoms. The summed E-state index contributed by atoms with van der Waals surface area (Å²) < 4.78 is 16.3. The molecule has 0 unspecified atom stereocenters. The summed E-state index contributed by atoms with van der Waals surface area (Å²) in [5.41, 5.74) is 1.10. The number of halogens is 1. The van der Waals surface area contributed by atoms with Crippen LogP contribution in [0.4, 0.5) is 0 Å². The quantitative estimate of drug-likeness (QED) is 0.213. The van der Waals surface area contributed by atoms with Gasteiger partial charge in [0.1, 0.15) is 6.54 Å². The summed E-state index contributed by atoms with van der Waals surface area (Å²) in [7, 11) is 8.31. The molecule has 1 amide bonds. The average molecular weight is 561 g/mol. The van der Waals surface area contributed by atoms with Crippen molar-refractivity contribution in [2.75, 3.05) is 74.7 Å². The number of likely N-dealkylation sites (N-methyl/N-ethyl adjacent to an activating group) is 1. The van der Waals surface area contributed by atoms with Gasteiger partial charge in [0.25, 0.3) is 0 Å². The van der Waals surface area contributed by atoms with Gasteiger partial charge in [-0.2, -0.15) is 0 Å². The number of benzene rings is 1. The molecular formula is C22H36IN5O4. The van der Waals surface area contributed by atoms with Crippen LogP contribution < -0.4 is 19.5 Å². The highest BCUT2D eigenvalue weighted by Gasteiger charge is 2.21. The fourth-order valence-corrected chi connectivity index (χ4v) is 3.32. The van der Waals surface area contributed by atoms with Gasteiger partial charge in [-0.05, 0) is 17.7 Å². The molecule has 1 saturated heterocycles. The lowest BCUT2D eigenvalue weighted by Gasteiger charge is -2.36. The van der Waals surface area contributed by atoms with Crippen LogP contribution in [0.3, 0.4) is 0 Å². The zero-order chi connectivity index (χ0) is 22.8. The Morgan fingerprint density at radius 1 is 1.12 bits per heavy atom. The van der Waals surface area contributed by atoms with E-state index < -0.39 is 0 Å². The van der Waals surface area contributed by atoms with Gasteiger partial charge in [0.2, 0.25) is 11.7 Å². The van der Waals surface area contributed by atoms with E-state index in [0.29, 0.717) is 23.8 Å². The van der Waals surface area contributed by atoms with Crippen LogP contribution in [0.2, 0.25) is 0 Å². The predicted octanol–water partition coefficient (Wildman–Crippen LogP) is 1.67. The number of nitrogens with zero attached hydrogens (tertiary/aromatic N) is 4. The minimum absolute atomic E-state index is 0. The number of aliphatic imine (C=N–C) groups is 1. The van der Waals surface area contributed by atoms with Crippen molar-refractivity contribution >= 4 is 35.8 Å². The highest BCUT2D eigenvalue weighted by atomic mass is 127. The molecule has 0 radical (unpaired) electrons. The summed E-state index contributed by atoms with van der Waals surface area (Å²) in [4.78, 5) is 22.5. The minimum Gasteiger partial charge on any atom is -0.493 e. The molecule has 1 aliphatic rings. The zero-order valence-corrected chi connectivity index (χ0v) is 22.0. The number of carbonyl (C=O) groups excluding carboxylic acids is 1. The first kappa shape index (κ1) is 27.8. The van der Waals surface area contributed by atoms with E-state index in [2.05, 4.69) is 26.7 Å². The lowest BCUT2D eigenvalue weighted by molar-refractivity contribution is -0.127. The van der Waals surface area contributed by atoms with Crippen LogP contribution in [-0.4, -0.2) is 101 Å². The summed E-state index contributed by atoms with van der Waals surface area (Å²) in [6.07, 6.45) is 1.78. The van der Waals surface area contributed by atoms with Crippen molar-refractivity contribution in [1.82, 2.24) is 20.0 Å². The van der Waals surface area contributed by atoms with Crippen molar-refractivity contribution in [3.63, 3.8) is 0 Å². The molecule has 2 rings (SSSR count). The van der Waals surface area contributed by atoms with E-state index in [9.17, 15) is 4.79 Å². The summed E-state index contributed by atoms with van der Waals surface area (Å²) in [5.74, 6) is 2.62. The second kappa shape index (κ2) is 14.0. The number of ether oxygens (including phenoxy) is 3. The van der Waals surface area contributed by atoms with Gasteiger partial charge in [0.15, 0.2) is 17.5 Å². The molecule has 1 heterocycles. The van der Waals surface area contributed by atoms with Crippen molar-refractivity contribution in [1.29, 1.82) is 0 Å². The molecule has 1 N–H and O–H groups in total. The minimum atomic E-state index is -0.0288. The van der Waals surface area contributed by atoms with Gasteiger partial charge in [-0.1, -0.05) is 6.08 Å². The number of nitrogens with one attached hydrogen (secondary N) is 1. The standard InChI is InChI=1S/C22H35N5O4.HI/c1-7-8-23-22(24-15-20(28)25(2)3)27-11-9-26(10-12-27)16-17-13-18(29-4)21(31-6)19(14-17)30-5;/h7,13-14H,1,8-12,15-16H2,2-6H3,(H,23,24);1H. The molecule has 0 spiro atoms. The Hall–Kier alpha value is -2.21. The van der Waals surface area contributed by atoms with Gasteiger partial charge in [-0.25, -0.2) is 4.99 Å². The zero-order valence-electron chi connectivity index (χ0n) is 19.7. The van der Waals surface area contributed by atoms with Crippen molar-refractivity contribution in [2.24, 2.45) is 4.99 Å². The van der Waals surface area contributed by atoms with Crippen LogP contribution in [0.5, 0.6) is 17.2 Å². The molecule has 1 aliphatic heterocycles. The van der Waals surface area contributed by atoms with Crippen molar-refractivity contribution in [3.8, 4) is 17.2 Å². The molecule has 0 bridgehead atoms. The number of hydrogen-bond acceptors (Lipinski definition) is 6. The second-order valence-corrected chi connectivity index (χ2v) is 7.39. The monoisotopic (exact) mass is 561 g/mol. The van der Waals surface area contributed by atoms with E-state index >= 15 is 0 Å². The maximum Gasteiger partial charge on any atom is 0.243 e. The summed E-state index contributed by atoms with van der Waals surface area (Å²) in [5, 5.41) is 3.26. The summed E-state index contributed by atoms with van der Waals surface area (Å²) in [6, 6.07) is 3.97. The lowest BCUT2D eigenvalue weighted by Crippen LogP contribution is -2.52. The fourth-order valence-electron chi connectivity index (χ4n) is 3.32. The molecule has 0 aromatic heterocycles. The Morgan fingerprint density at radius 3 is 2.19 bits per heavy atom. The molecule has 0 saturated carbocycles. The molecule has 1 aromatic rings. The van der Waals surface area contributed by atoms with E-state index in [1.54, 1.807) is 46.4 Å². The van der Waals surface area contributed by atoms with Crippen molar-refractivity contribution < 1.29 is 19.0 Å². The van der Waals surface area contributed by atoms with E-state index in [1.807, 2.05) is 12.1 Å². The van der Waals surface area contributed by atoms with Gasteiger partial charge in [0, 0.05) is 53.4 Å². The molecule has 180 valence electrons. The molecule has 0 atom stereocenters. The van der Waals surface area contributed by atoms with E-state index in [0.717, 1.165) is 44.2 Å². The summed E-state index contributed by atoms with van der Waals surface area (Å²) >= 11 is 0. The highest BCUT2D eigenvalue weighted by molar-refractivity contribution is 14.0. The predicted molar refractivity (Wildman–Crippen MR) is 138 cm³/mol. The first-order valence-corrected chi connectivity index (χ1v) is 10.3. The van der Waals surface area contributed by atoms with E-state index in [1.165, 1.54) is 0 Å². The van der Waals surface area contributed by atoms with Crippen LogP contribution >= 0.6 is 24.0 Å². The highest BCUT2D eigenvalue weighted by Crippen LogP contribution is 2.38. The number of guanidine groups is 1.